The number of nitrogen functional groups attached to an aromatic ring is 1. The van der Waals surface area contributed by atoms with Crippen molar-refractivity contribution in [3.63, 3.8) is 0 Å². The van der Waals surface area contributed by atoms with E-state index in [-0.39, 0.29) is 62.1 Å². The van der Waals surface area contributed by atoms with Crippen molar-refractivity contribution in [2.45, 2.75) is 204 Å². The van der Waals surface area contributed by atoms with Gasteiger partial charge >= 0.3 is 12.1 Å². The van der Waals surface area contributed by atoms with Gasteiger partial charge in [0.2, 0.25) is 0 Å². The Morgan fingerprint density at radius 2 is 1.62 bits per heavy atom. The first kappa shape index (κ1) is 59.9. The number of cyclic esters (lactones) is 1. The molecule has 7 heterocycles. The summed E-state index contributed by atoms with van der Waals surface area (Å²) in [5.74, 6) is -3.89. The van der Waals surface area contributed by atoms with E-state index in [1.807, 2.05) is 53.6 Å². The standard InChI is InChI=1S/C53H88N8O15/c1-15-36-53(10)43(60(50(67)76-53)19-18-55-17-16-33-21-37(72-35(33)24-62)61-26-58-39-46(54)56-25-57-47(39)61)29(4)40(63)27(2)22-52(9,69-14)45(75-49-41(64)34(59(11)12)20-28(3)70-49)30(5)42(31(6)48(66)73-36)74-38-23-51(8,68-13)44(65)32(7)71-38/h25-38,41-45,49,55,62,64-65H,15-24H2,1-14H3,(H2,54,56,57)/t27-,28-,29+,30+,31-,32+,33+,34+,35-,36?,37-,38+,41-,42?,43-,44+,45-,49+,51-,52-,53-/m1/s1. The summed E-state index contributed by atoms with van der Waals surface area (Å²) >= 11 is 0. The van der Waals surface area contributed by atoms with Crippen LogP contribution in [-0.4, -0.2) is 207 Å². The normalized spacial score (nSPS) is 42.0. The maximum absolute atomic E-state index is 15.2. The van der Waals surface area contributed by atoms with E-state index in [1.165, 1.54) is 20.5 Å². The van der Waals surface area contributed by atoms with Gasteiger partial charge in [0.05, 0.1) is 66.6 Å². The summed E-state index contributed by atoms with van der Waals surface area (Å²) in [7, 11) is 6.83. The molecule has 5 aliphatic rings. The third kappa shape index (κ3) is 11.9. The predicted molar refractivity (Wildman–Crippen MR) is 276 cm³/mol. The maximum atomic E-state index is 15.2. The predicted octanol–water partition coefficient (Wildman–Crippen LogP) is 3.21. The molecule has 430 valence electrons. The van der Waals surface area contributed by atoms with Crippen LogP contribution in [0.15, 0.2) is 12.7 Å². The molecule has 0 aromatic carbocycles. The molecule has 0 bridgehead atoms. The van der Waals surface area contributed by atoms with Crippen LogP contribution in [0.2, 0.25) is 0 Å². The first-order valence-electron chi connectivity index (χ1n) is 27.2. The number of ether oxygens (including phenoxy) is 9. The van der Waals surface area contributed by atoms with Crippen LogP contribution in [0, 0.1) is 29.6 Å². The first-order valence-corrected chi connectivity index (χ1v) is 27.2. The van der Waals surface area contributed by atoms with Crippen molar-refractivity contribution in [1.82, 2.24) is 34.6 Å². The minimum Gasteiger partial charge on any atom is -0.458 e. The molecule has 23 heteroatoms. The lowest BCUT2D eigenvalue weighted by molar-refractivity contribution is -0.319. The quantitative estimate of drug-likeness (QED) is 0.119. The minimum atomic E-state index is -1.48. The number of imidazole rings is 1. The monoisotopic (exact) mass is 1080 g/mol. The van der Waals surface area contributed by atoms with Gasteiger partial charge < -0.3 is 73.9 Å². The number of rotatable bonds is 16. The molecular formula is C53H88N8O15. The highest BCUT2D eigenvalue weighted by Crippen LogP contribution is 2.45. The van der Waals surface area contributed by atoms with E-state index < -0.39 is 120 Å². The SMILES string of the molecule is CCC1OC(=O)[C@H](C)C(O[C@H]2C[C@@](C)(OC)[C@@H](O)[C@H](C)O2)[C@H](C)[C@@H](O[C@@H]2O[C@H](C)C[C@H](N(C)C)[C@H]2O)[C@](C)(OC)C[C@@H](C)C(=O)[C@H](C)[C@H]2N(CCNCC[C@H]3C[C@H](n4cnc5c(N)ncnc54)O[C@@H]3CO)C(=O)O[C@]12C. The number of aliphatic hydroxyl groups excluding tert-OH is 3. The van der Waals surface area contributed by atoms with E-state index in [9.17, 15) is 20.1 Å². The molecule has 21 atom stereocenters. The van der Waals surface area contributed by atoms with Gasteiger partial charge in [0, 0.05) is 57.5 Å². The molecule has 2 aromatic rings. The highest BCUT2D eigenvalue weighted by Gasteiger charge is 2.61. The number of fused-ring (bicyclic) bond motifs is 2. The van der Waals surface area contributed by atoms with Gasteiger partial charge in [-0.1, -0.05) is 27.7 Å². The van der Waals surface area contributed by atoms with Crippen LogP contribution in [0.3, 0.4) is 0 Å². The molecule has 23 nitrogen and oxygen atoms in total. The van der Waals surface area contributed by atoms with Crippen molar-refractivity contribution < 1.29 is 72.3 Å². The second-order valence-corrected chi connectivity index (χ2v) is 23.1. The Hall–Kier alpha value is -3.72. The Balaban J connectivity index is 1.17. The molecule has 5 saturated heterocycles. The number of aliphatic hydroxyl groups is 3. The van der Waals surface area contributed by atoms with Crippen molar-refractivity contribution >= 4 is 34.8 Å². The Labute approximate surface area is 447 Å². The Kier molecular flexibility index (Phi) is 19.2. The second-order valence-electron chi connectivity index (χ2n) is 23.1. The van der Waals surface area contributed by atoms with Gasteiger partial charge in [-0.25, -0.2) is 19.7 Å². The zero-order valence-electron chi connectivity index (χ0n) is 47.1. The highest BCUT2D eigenvalue weighted by atomic mass is 16.7. The number of carbonyl (C=O) groups excluding carboxylic acids is 3. The first-order chi connectivity index (χ1) is 35.9. The van der Waals surface area contributed by atoms with Gasteiger partial charge in [0.15, 0.2) is 29.6 Å². The number of hydrogen-bond donors (Lipinski definition) is 5. The van der Waals surface area contributed by atoms with Crippen LogP contribution < -0.4 is 11.1 Å². The Bertz CT molecular complexity index is 2300. The summed E-state index contributed by atoms with van der Waals surface area (Å²) in [6.07, 6.45) is -4.52. The summed E-state index contributed by atoms with van der Waals surface area (Å²) in [5.41, 5.74) is 3.20. The van der Waals surface area contributed by atoms with Gasteiger partial charge in [-0.15, -0.1) is 0 Å². The number of methoxy groups -OCH3 is 2. The molecule has 76 heavy (non-hydrogen) atoms. The molecule has 2 unspecified atom stereocenters. The number of hydrogen-bond acceptors (Lipinski definition) is 21. The number of amides is 1. The number of likely N-dealkylation sites (N-methyl/N-ethyl adjacent to an activating group) is 1. The molecule has 0 aliphatic carbocycles. The molecule has 5 aliphatic heterocycles. The molecule has 0 spiro atoms. The topological polar surface area (TPSA) is 283 Å². The molecule has 0 saturated carbocycles. The molecule has 5 fully saturated rings. The highest BCUT2D eigenvalue weighted by molar-refractivity contribution is 5.85. The van der Waals surface area contributed by atoms with Gasteiger partial charge in [0.25, 0.3) is 0 Å². The van der Waals surface area contributed by atoms with E-state index in [2.05, 4.69) is 20.3 Å². The fraction of sp³-hybridized carbons (Fsp3) is 0.849. The molecular weight excluding hydrogens is 989 g/mol. The van der Waals surface area contributed by atoms with Crippen molar-refractivity contribution in [1.29, 1.82) is 0 Å². The molecule has 0 radical (unpaired) electrons. The minimum absolute atomic E-state index is 0.0213. The van der Waals surface area contributed by atoms with Crippen LogP contribution in [0.4, 0.5) is 10.6 Å². The third-order valence-electron chi connectivity index (χ3n) is 17.6. The summed E-state index contributed by atoms with van der Waals surface area (Å²) in [6, 6.07) is -1.19. The van der Waals surface area contributed by atoms with E-state index in [0.29, 0.717) is 43.5 Å². The average Bonchev–Trinajstić information content (AvgIpc) is 4.12. The van der Waals surface area contributed by atoms with Crippen molar-refractivity contribution in [2.24, 2.45) is 29.6 Å². The van der Waals surface area contributed by atoms with Crippen molar-refractivity contribution in [3.05, 3.63) is 12.7 Å². The fourth-order valence-corrected chi connectivity index (χ4v) is 13.0. The van der Waals surface area contributed by atoms with E-state index in [4.69, 9.17) is 48.4 Å². The number of esters is 1. The number of aromatic nitrogens is 4. The second kappa shape index (κ2) is 24.3. The Morgan fingerprint density at radius 1 is 0.908 bits per heavy atom. The van der Waals surface area contributed by atoms with Gasteiger partial charge in [0.1, 0.15) is 42.2 Å². The van der Waals surface area contributed by atoms with E-state index in [0.717, 1.165) is 0 Å². The largest absolute Gasteiger partial charge is 0.458 e. The van der Waals surface area contributed by atoms with Crippen LogP contribution in [0.25, 0.3) is 11.2 Å². The lowest BCUT2D eigenvalue weighted by Gasteiger charge is -2.50. The number of nitrogens with one attached hydrogen (secondary N) is 1. The van der Waals surface area contributed by atoms with Gasteiger partial charge in [-0.3, -0.25) is 19.1 Å². The van der Waals surface area contributed by atoms with Crippen molar-refractivity contribution in [3.8, 4) is 0 Å². The van der Waals surface area contributed by atoms with Crippen LogP contribution in [0.1, 0.15) is 114 Å². The lowest BCUT2D eigenvalue weighted by Crippen LogP contribution is -2.62. The summed E-state index contributed by atoms with van der Waals surface area (Å²) in [6.45, 7) is 18.9. The molecule has 1 amide bonds. The summed E-state index contributed by atoms with van der Waals surface area (Å²) in [5, 5.41) is 36.8. The van der Waals surface area contributed by atoms with E-state index in [1.54, 1.807) is 50.4 Å². The fourth-order valence-electron chi connectivity index (χ4n) is 13.0. The van der Waals surface area contributed by atoms with Crippen molar-refractivity contribution in [2.75, 3.05) is 60.3 Å². The molecule has 7 rings (SSSR count). The van der Waals surface area contributed by atoms with Gasteiger partial charge in [-0.05, 0) is 100 Å². The lowest BCUT2D eigenvalue weighted by atomic mass is 9.73. The smallest absolute Gasteiger partial charge is 0.410 e. The number of Topliss-reactive ketones (excluding diaryl/α,β-unsaturated/α-hetero) is 1. The zero-order chi connectivity index (χ0) is 55.8. The van der Waals surface area contributed by atoms with Gasteiger partial charge in [-0.2, -0.15) is 0 Å². The van der Waals surface area contributed by atoms with Crippen LogP contribution >= 0.6 is 0 Å². The number of ketones is 1. The third-order valence-corrected chi connectivity index (χ3v) is 17.6. The zero-order valence-corrected chi connectivity index (χ0v) is 47.1. The average molecular weight is 1080 g/mol. The maximum Gasteiger partial charge on any atom is 0.410 e. The van der Waals surface area contributed by atoms with Crippen LogP contribution in [0.5, 0.6) is 0 Å². The molecule has 6 N–H and O–H groups in total. The number of nitrogens with two attached hydrogens (primary N) is 1. The van der Waals surface area contributed by atoms with E-state index >= 15 is 9.59 Å². The number of carbonyl (C=O) groups is 3. The molecule has 2 aromatic heterocycles. The number of anilines is 1. The number of nitrogens with zero attached hydrogens (tertiary/aromatic N) is 6. The van der Waals surface area contributed by atoms with Crippen LogP contribution in [-0.2, 0) is 52.2 Å². The summed E-state index contributed by atoms with van der Waals surface area (Å²) in [4.78, 5) is 60.8. The Morgan fingerprint density at radius 3 is 2.28 bits per heavy atom. The summed E-state index contributed by atoms with van der Waals surface area (Å²) < 4.78 is 59.9.